The van der Waals surface area contributed by atoms with Crippen molar-refractivity contribution >= 4 is 0 Å². The van der Waals surface area contributed by atoms with Gasteiger partial charge < -0.3 is 0 Å². The van der Waals surface area contributed by atoms with E-state index in [1.807, 2.05) is 36.4 Å². The molecule has 0 atom stereocenters. The molecule has 2 aromatic heterocycles. The van der Waals surface area contributed by atoms with Gasteiger partial charge in [0.2, 0.25) is 5.95 Å². The summed E-state index contributed by atoms with van der Waals surface area (Å²) in [4.78, 5) is 15.7. The zero-order chi connectivity index (χ0) is 33.7. The summed E-state index contributed by atoms with van der Waals surface area (Å²) in [5.74, 6) is 1.82. The average Bonchev–Trinajstić information content (AvgIpc) is 3.52. The van der Waals surface area contributed by atoms with Crippen molar-refractivity contribution in [3.05, 3.63) is 181 Å². The van der Waals surface area contributed by atoms with Crippen molar-refractivity contribution in [2.45, 2.75) is 19.3 Å². The van der Waals surface area contributed by atoms with Gasteiger partial charge in [-0.1, -0.05) is 184 Å². The van der Waals surface area contributed by atoms with Crippen LogP contribution in [0.3, 0.4) is 0 Å². The van der Waals surface area contributed by atoms with Gasteiger partial charge >= 0.3 is 0 Å². The molecule has 0 aliphatic heterocycles. The summed E-state index contributed by atoms with van der Waals surface area (Å²) in [6, 6.07) is 59.6. The number of fused-ring (bicyclic) bond motifs is 5. The van der Waals surface area contributed by atoms with Gasteiger partial charge in [0.15, 0.2) is 11.6 Å². The van der Waals surface area contributed by atoms with E-state index >= 15 is 0 Å². The number of hydrogen-bond donors (Lipinski definition) is 0. The summed E-state index contributed by atoms with van der Waals surface area (Å²) < 4.78 is 2.31. The zero-order valence-electron chi connectivity index (χ0n) is 28.0. The second-order valence-electron chi connectivity index (χ2n) is 13.2. The molecule has 0 spiro atoms. The van der Waals surface area contributed by atoms with Crippen LogP contribution in [0, 0.1) is 0 Å². The van der Waals surface area contributed by atoms with Gasteiger partial charge in [0.25, 0.3) is 0 Å². The van der Waals surface area contributed by atoms with E-state index in [1.165, 1.54) is 22.3 Å². The Balaban J connectivity index is 1.51. The van der Waals surface area contributed by atoms with Gasteiger partial charge in [-0.3, -0.25) is 4.57 Å². The van der Waals surface area contributed by atoms with Crippen LogP contribution in [0.2, 0.25) is 0 Å². The molecule has 0 saturated heterocycles. The molecule has 4 heteroatoms. The van der Waals surface area contributed by atoms with Crippen molar-refractivity contribution in [1.29, 1.82) is 0 Å². The first kappa shape index (κ1) is 29.7. The maximum absolute atomic E-state index is 5.34. The Morgan fingerprint density at radius 2 is 0.800 bits per heavy atom. The molecular formula is C46H34N4. The quantitative estimate of drug-likeness (QED) is 0.188. The number of aromatic nitrogens is 4. The summed E-state index contributed by atoms with van der Waals surface area (Å²) >= 11 is 0. The first-order valence-corrected chi connectivity index (χ1v) is 17.1. The van der Waals surface area contributed by atoms with Crippen LogP contribution in [0.1, 0.15) is 25.0 Å². The van der Waals surface area contributed by atoms with Gasteiger partial charge in [-0.05, 0) is 27.8 Å². The Kier molecular flexibility index (Phi) is 7.10. The van der Waals surface area contributed by atoms with Crippen LogP contribution in [0.25, 0.3) is 73.5 Å². The second-order valence-corrected chi connectivity index (χ2v) is 13.2. The molecule has 0 N–H and O–H groups in total. The standard InChI is InChI=1S/C46H34N4/c1-46(2)37-29-17-15-27-35(37)40-39(31-19-7-3-8-20-31)41(32-21-9-4-10-22-32)50(42(40)36-28-16-18-30-38(36)46)45-48-43(33-23-11-5-12-24-33)47-44(49-45)34-25-13-6-14-26-34/h3-30H,1-2H3. The largest absolute Gasteiger partial charge is 0.277 e. The summed E-state index contributed by atoms with van der Waals surface area (Å²) in [5, 5.41) is 0. The van der Waals surface area contributed by atoms with Crippen molar-refractivity contribution in [3.8, 4) is 73.5 Å². The monoisotopic (exact) mass is 642 g/mol. The van der Waals surface area contributed by atoms with Crippen molar-refractivity contribution < 1.29 is 0 Å². The maximum Gasteiger partial charge on any atom is 0.238 e. The fourth-order valence-corrected chi connectivity index (χ4v) is 7.57. The van der Waals surface area contributed by atoms with Crippen LogP contribution in [-0.2, 0) is 5.41 Å². The highest BCUT2D eigenvalue weighted by molar-refractivity contribution is 6.05. The number of nitrogens with zero attached hydrogens (tertiary/aromatic N) is 4. The van der Waals surface area contributed by atoms with E-state index < -0.39 is 0 Å². The van der Waals surface area contributed by atoms with Crippen LogP contribution in [-0.4, -0.2) is 19.5 Å². The van der Waals surface area contributed by atoms with E-state index in [0.717, 1.165) is 44.8 Å². The Labute approximate surface area is 292 Å². The Morgan fingerprint density at radius 1 is 0.380 bits per heavy atom. The van der Waals surface area contributed by atoms with E-state index in [-0.39, 0.29) is 5.41 Å². The van der Waals surface area contributed by atoms with Crippen LogP contribution in [0.15, 0.2) is 170 Å². The maximum atomic E-state index is 5.34. The third kappa shape index (κ3) is 4.80. The first-order chi connectivity index (χ1) is 24.6. The predicted molar refractivity (Wildman–Crippen MR) is 204 cm³/mol. The highest BCUT2D eigenvalue weighted by Crippen LogP contribution is 2.55. The summed E-state index contributed by atoms with van der Waals surface area (Å²) in [5.41, 5.74) is 13.1. The highest BCUT2D eigenvalue weighted by Gasteiger charge is 2.38. The van der Waals surface area contributed by atoms with E-state index in [4.69, 9.17) is 15.0 Å². The van der Waals surface area contributed by atoms with Crippen molar-refractivity contribution in [3.63, 3.8) is 0 Å². The Bertz CT molecular complexity index is 2420. The summed E-state index contributed by atoms with van der Waals surface area (Å²) in [6.07, 6.45) is 0. The molecule has 0 bridgehead atoms. The van der Waals surface area contributed by atoms with Gasteiger partial charge in [0, 0.05) is 33.2 Å². The highest BCUT2D eigenvalue weighted by atomic mass is 15.2. The van der Waals surface area contributed by atoms with Gasteiger partial charge in [0.05, 0.1) is 11.4 Å². The lowest BCUT2D eigenvalue weighted by molar-refractivity contribution is 0.646. The topological polar surface area (TPSA) is 43.6 Å². The Hall–Kier alpha value is -6.39. The normalized spacial score (nSPS) is 12.8. The van der Waals surface area contributed by atoms with Crippen molar-refractivity contribution in [2.75, 3.05) is 0 Å². The van der Waals surface area contributed by atoms with Crippen LogP contribution in [0.5, 0.6) is 0 Å². The van der Waals surface area contributed by atoms with Crippen molar-refractivity contribution in [2.24, 2.45) is 0 Å². The molecule has 0 fully saturated rings. The van der Waals surface area contributed by atoms with Gasteiger partial charge in [-0.15, -0.1) is 0 Å². The molecule has 0 saturated carbocycles. The Morgan fingerprint density at radius 3 is 1.34 bits per heavy atom. The number of hydrogen-bond acceptors (Lipinski definition) is 3. The molecule has 238 valence electrons. The minimum atomic E-state index is -0.276. The predicted octanol–water partition coefficient (Wildman–Crippen LogP) is 11.3. The summed E-state index contributed by atoms with van der Waals surface area (Å²) in [7, 11) is 0. The molecule has 0 radical (unpaired) electrons. The van der Waals surface area contributed by atoms with Gasteiger partial charge in [-0.2, -0.15) is 9.97 Å². The molecule has 0 unspecified atom stereocenters. The number of benzene rings is 6. The minimum Gasteiger partial charge on any atom is -0.277 e. The fourth-order valence-electron chi connectivity index (χ4n) is 7.57. The van der Waals surface area contributed by atoms with Crippen LogP contribution < -0.4 is 0 Å². The molecular weight excluding hydrogens is 609 g/mol. The molecule has 6 aromatic carbocycles. The third-order valence-electron chi connectivity index (χ3n) is 9.89. The molecule has 9 rings (SSSR count). The lowest BCUT2D eigenvalue weighted by atomic mass is 9.75. The van der Waals surface area contributed by atoms with E-state index in [9.17, 15) is 0 Å². The van der Waals surface area contributed by atoms with Gasteiger partial charge in [-0.25, -0.2) is 4.98 Å². The zero-order valence-corrected chi connectivity index (χ0v) is 28.0. The van der Waals surface area contributed by atoms with E-state index in [1.54, 1.807) is 0 Å². The molecule has 1 aliphatic carbocycles. The van der Waals surface area contributed by atoms with E-state index in [2.05, 4.69) is 152 Å². The second kappa shape index (κ2) is 11.9. The van der Waals surface area contributed by atoms with E-state index in [0.29, 0.717) is 17.6 Å². The fraction of sp³-hybridized carbons (Fsp3) is 0.0652. The molecule has 4 nitrogen and oxygen atoms in total. The van der Waals surface area contributed by atoms with Crippen molar-refractivity contribution in [1.82, 2.24) is 19.5 Å². The number of rotatable bonds is 5. The SMILES string of the molecule is CC1(C)c2ccccc2-c2c(-c3ccccc3)c(-c3ccccc3)n(-c3nc(-c4ccccc4)nc(-c4ccccc4)n3)c2-c2ccccc21. The first-order valence-electron chi connectivity index (χ1n) is 17.1. The third-order valence-corrected chi connectivity index (χ3v) is 9.89. The lowest BCUT2D eigenvalue weighted by Gasteiger charge is -2.28. The molecule has 2 heterocycles. The van der Waals surface area contributed by atoms with Gasteiger partial charge in [0.1, 0.15) is 0 Å². The van der Waals surface area contributed by atoms with Crippen LogP contribution in [0.4, 0.5) is 0 Å². The molecule has 1 aliphatic rings. The molecule has 8 aromatic rings. The molecule has 50 heavy (non-hydrogen) atoms. The lowest BCUT2D eigenvalue weighted by Crippen LogP contribution is -2.20. The van der Waals surface area contributed by atoms with Crippen LogP contribution >= 0.6 is 0 Å². The average molecular weight is 643 g/mol. The minimum absolute atomic E-state index is 0.276. The summed E-state index contributed by atoms with van der Waals surface area (Å²) in [6.45, 7) is 4.68. The smallest absolute Gasteiger partial charge is 0.238 e. The molecule has 0 amide bonds.